The van der Waals surface area contributed by atoms with Crippen molar-refractivity contribution in [1.29, 1.82) is 0 Å². The van der Waals surface area contributed by atoms with Crippen LogP contribution in [0, 0.1) is 5.92 Å². The number of carbonyl (C=O) groups excluding carboxylic acids is 1. The fourth-order valence-electron chi connectivity index (χ4n) is 1.89. The first kappa shape index (κ1) is 10.5. The van der Waals surface area contributed by atoms with Gasteiger partial charge in [0.25, 0.3) is 5.56 Å². The molecule has 1 aromatic rings. The summed E-state index contributed by atoms with van der Waals surface area (Å²) in [6.07, 6.45) is -0.375. The van der Waals surface area contributed by atoms with Crippen LogP contribution in [0.4, 0.5) is 4.79 Å². The lowest BCUT2D eigenvalue weighted by Crippen LogP contribution is -2.28. The van der Waals surface area contributed by atoms with E-state index in [1.807, 2.05) is 0 Å². The summed E-state index contributed by atoms with van der Waals surface area (Å²) in [6.45, 7) is 0. The Hall–Kier alpha value is -2.05. The highest BCUT2D eigenvalue weighted by molar-refractivity contribution is 5.83. The maximum absolute atomic E-state index is 11.3. The Labute approximate surface area is 89.4 Å². The Morgan fingerprint density at radius 1 is 1.38 bits per heavy atom. The third-order valence-corrected chi connectivity index (χ3v) is 2.68. The predicted octanol–water partition coefficient (Wildman–Crippen LogP) is 0.0291. The molecule has 1 atom stereocenters. The number of aryl methyl sites for hydroxylation is 1. The molecular formula is C9H10N2O5. The van der Waals surface area contributed by atoms with Gasteiger partial charge >= 0.3 is 12.1 Å². The van der Waals surface area contributed by atoms with Crippen molar-refractivity contribution in [1.82, 2.24) is 10.2 Å². The third-order valence-electron chi connectivity index (χ3n) is 2.68. The van der Waals surface area contributed by atoms with Gasteiger partial charge in [-0.2, -0.15) is 0 Å². The highest BCUT2D eigenvalue weighted by atomic mass is 16.7. The van der Waals surface area contributed by atoms with Gasteiger partial charge in [0.1, 0.15) is 0 Å². The van der Waals surface area contributed by atoms with Crippen molar-refractivity contribution in [2.24, 2.45) is 5.92 Å². The van der Waals surface area contributed by atoms with Crippen molar-refractivity contribution in [3.63, 3.8) is 0 Å². The first-order chi connectivity index (χ1) is 7.58. The minimum Gasteiger partial charge on any atom is -0.449 e. The lowest BCUT2D eigenvalue weighted by molar-refractivity contribution is -0.144. The molecule has 0 amide bonds. The number of fused-ring (bicyclic) bond motifs is 1. The lowest BCUT2D eigenvalue weighted by Gasteiger charge is -2.18. The Morgan fingerprint density at radius 3 is 2.81 bits per heavy atom. The van der Waals surface area contributed by atoms with Crippen LogP contribution in [-0.4, -0.2) is 27.4 Å². The van der Waals surface area contributed by atoms with Gasteiger partial charge in [-0.3, -0.25) is 14.7 Å². The zero-order chi connectivity index (χ0) is 11.7. The topological polar surface area (TPSA) is 112 Å². The second-order valence-corrected chi connectivity index (χ2v) is 3.66. The molecule has 1 aliphatic rings. The zero-order valence-corrected chi connectivity index (χ0v) is 8.28. The first-order valence-electron chi connectivity index (χ1n) is 4.81. The molecule has 0 saturated carbocycles. The van der Waals surface area contributed by atoms with Crippen LogP contribution in [0.5, 0.6) is 0 Å². The van der Waals surface area contributed by atoms with Crippen LogP contribution in [0.2, 0.25) is 0 Å². The SMILES string of the molecule is O=C(O)OC(=O)C1CCc2[nH][nH]c(=O)c2C1. The maximum atomic E-state index is 11.3. The predicted molar refractivity (Wildman–Crippen MR) is 51.0 cm³/mol. The molecular weight excluding hydrogens is 216 g/mol. The average molecular weight is 226 g/mol. The van der Waals surface area contributed by atoms with Crippen LogP contribution in [0.1, 0.15) is 17.7 Å². The summed E-state index contributed by atoms with van der Waals surface area (Å²) in [5, 5.41) is 13.5. The summed E-state index contributed by atoms with van der Waals surface area (Å²) in [7, 11) is 0. The van der Waals surface area contributed by atoms with E-state index in [4.69, 9.17) is 5.11 Å². The fraction of sp³-hybridized carbons (Fsp3) is 0.444. The summed E-state index contributed by atoms with van der Waals surface area (Å²) >= 11 is 0. The van der Waals surface area contributed by atoms with Crippen LogP contribution >= 0.6 is 0 Å². The van der Waals surface area contributed by atoms with E-state index in [9.17, 15) is 14.4 Å². The molecule has 0 bridgehead atoms. The summed E-state index contributed by atoms with van der Waals surface area (Å²) in [5.41, 5.74) is 1.03. The van der Waals surface area contributed by atoms with Gasteiger partial charge < -0.3 is 14.9 Å². The van der Waals surface area contributed by atoms with E-state index in [2.05, 4.69) is 14.9 Å². The Kier molecular flexibility index (Phi) is 2.51. The minimum absolute atomic E-state index is 0.222. The summed E-state index contributed by atoms with van der Waals surface area (Å²) in [5.74, 6) is -1.35. The number of carbonyl (C=O) groups is 2. The van der Waals surface area contributed by atoms with Gasteiger partial charge in [0.2, 0.25) is 0 Å². The summed E-state index contributed by atoms with van der Waals surface area (Å²) in [4.78, 5) is 32.8. The van der Waals surface area contributed by atoms with E-state index in [0.717, 1.165) is 5.69 Å². The maximum Gasteiger partial charge on any atom is 0.513 e. The second-order valence-electron chi connectivity index (χ2n) is 3.66. The van der Waals surface area contributed by atoms with E-state index in [0.29, 0.717) is 18.4 Å². The molecule has 0 radical (unpaired) electrons. The molecule has 16 heavy (non-hydrogen) atoms. The van der Waals surface area contributed by atoms with E-state index in [-0.39, 0.29) is 12.0 Å². The molecule has 7 heteroatoms. The van der Waals surface area contributed by atoms with Gasteiger partial charge in [-0.25, -0.2) is 4.79 Å². The van der Waals surface area contributed by atoms with Crippen molar-refractivity contribution >= 4 is 12.1 Å². The smallest absolute Gasteiger partial charge is 0.449 e. The van der Waals surface area contributed by atoms with Crippen molar-refractivity contribution < 1.29 is 19.4 Å². The number of aromatic amines is 2. The van der Waals surface area contributed by atoms with E-state index < -0.39 is 18.0 Å². The molecule has 0 spiro atoms. The highest BCUT2D eigenvalue weighted by Crippen LogP contribution is 2.22. The number of hydrogen-bond acceptors (Lipinski definition) is 4. The molecule has 3 N–H and O–H groups in total. The quantitative estimate of drug-likeness (QED) is 0.462. The number of esters is 1. The third kappa shape index (κ3) is 1.83. The number of hydrogen-bond donors (Lipinski definition) is 3. The summed E-state index contributed by atoms with van der Waals surface area (Å²) < 4.78 is 4.08. The van der Waals surface area contributed by atoms with Crippen LogP contribution in [0.15, 0.2) is 4.79 Å². The van der Waals surface area contributed by atoms with Crippen molar-refractivity contribution in [2.45, 2.75) is 19.3 Å². The van der Waals surface area contributed by atoms with Crippen molar-refractivity contribution in [3.05, 3.63) is 21.6 Å². The molecule has 2 rings (SSSR count). The highest BCUT2D eigenvalue weighted by Gasteiger charge is 2.29. The number of ether oxygens (including phenoxy) is 1. The van der Waals surface area contributed by atoms with Gasteiger partial charge in [-0.05, 0) is 19.3 Å². The Balaban J connectivity index is 2.13. The number of carboxylic acid groups (broad SMARTS) is 1. The van der Waals surface area contributed by atoms with Crippen LogP contribution in [0.25, 0.3) is 0 Å². The largest absolute Gasteiger partial charge is 0.513 e. The molecule has 7 nitrogen and oxygen atoms in total. The van der Waals surface area contributed by atoms with Gasteiger partial charge in [-0.1, -0.05) is 0 Å². The summed E-state index contributed by atoms with van der Waals surface area (Å²) in [6, 6.07) is 0. The fourth-order valence-corrected chi connectivity index (χ4v) is 1.89. The molecule has 0 aliphatic heterocycles. The Bertz CT molecular complexity index is 486. The minimum atomic E-state index is -1.61. The van der Waals surface area contributed by atoms with Crippen LogP contribution in [-0.2, 0) is 22.4 Å². The monoisotopic (exact) mass is 226 g/mol. The lowest BCUT2D eigenvalue weighted by atomic mass is 9.88. The van der Waals surface area contributed by atoms with E-state index >= 15 is 0 Å². The molecule has 1 heterocycles. The molecule has 86 valence electrons. The van der Waals surface area contributed by atoms with Crippen LogP contribution < -0.4 is 5.56 Å². The van der Waals surface area contributed by atoms with Gasteiger partial charge in [0.15, 0.2) is 0 Å². The van der Waals surface area contributed by atoms with Crippen molar-refractivity contribution in [3.8, 4) is 0 Å². The molecule has 0 saturated heterocycles. The molecule has 1 aliphatic carbocycles. The second kappa shape index (κ2) is 3.84. The van der Waals surface area contributed by atoms with Gasteiger partial charge in [0.05, 0.1) is 5.92 Å². The van der Waals surface area contributed by atoms with Gasteiger partial charge in [0, 0.05) is 11.3 Å². The van der Waals surface area contributed by atoms with E-state index in [1.54, 1.807) is 0 Å². The number of aromatic nitrogens is 2. The standard InChI is InChI=1S/C9H10N2O5/c12-7-5-3-4(8(13)16-9(14)15)1-2-6(5)10-11-7/h4H,1-3H2,(H,14,15)(H2,10,11,12). The molecule has 0 aromatic carbocycles. The number of H-pyrrole nitrogens is 2. The molecule has 0 fully saturated rings. The number of nitrogens with one attached hydrogen (secondary N) is 2. The van der Waals surface area contributed by atoms with E-state index in [1.165, 1.54) is 0 Å². The van der Waals surface area contributed by atoms with Crippen LogP contribution in [0.3, 0.4) is 0 Å². The molecule has 1 unspecified atom stereocenters. The van der Waals surface area contributed by atoms with Gasteiger partial charge in [-0.15, -0.1) is 0 Å². The van der Waals surface area contributed by atoms with Crippen molar-refractivity contribution in [2.75, 3.05) is 0 Å². The molecule has 1 aromatic heterocycles. The normalized spacial score (nSPS) is 18.9. The Morgan fingerprint density at radius 2 is 2.12 bits per heavy atom. The zero-order valence-electron chi connectivity index (χ0n) is 8.28. The number of rotatable bonds is 1. The average Bonchev–Trinajstić information content (AvgIpc) is 2.59. The first-order valence-corrected chi connectivity index (χ1v) is 4.81.